The number of carbonyl (C=O) groups excluding carboxylic acids is 2. The minimum Gasteiger partial charge on any atom is -0.351 e. The number of nitrogens with one attached hydrogen (secondary N) is 2. The molecule has 3 rings (SSSR count). The van der Waals surface area contributed by atoms with Crippen LogP contribution in [0.2, 0.25) is 0 Å². The molecule has 3 N–H and O–H groups in total. The van der Waals surface area contributed by atoms with Gasteiger partial charge >= 0.3 is 0 Å². The Morgan fingerprint density at radius 1 is 1.07 bits per heavy atom. The van der Waals surface area contributed by atoms with E-state index in [1.165, 1.54) is 23.7 Å². The van der Waals surface area contributed by atoms with Crippen LogP contribution in [0.3, 0.4) is 0 Å². The van der Waals surface area contributed by atoms with Gasteiger partial charge in [-0.1, -0.05) is 54.6 Å². The number of benzene rings is 2. The number of rotatable bonds is 8. The molecule has 1 atom stereocenters. The average molecular weight is 426 g/mol. The highest BCUT2D eigenvalue weighted by Gasteiger charge is 2.42. The first kappa shape index (κ1) is 21.6. The molecule has 8 heteroatoms. The Labute approximate surface area is 178 Å². The van der Waals surface area contributed by atoms with Crippen LogP contribution in [0.1, 0.15) is 23.1 Å². The van der Waals surface area contributed by atoms with E-state index in [1.807, 2.05) is 61.5 Å². The van der Waals surface area contributed by atoms with E-state index in [-0.39, 0.29) is 13.2 Å². The summed E-state index contributed by atoms with van der Waals surface area (Å²) in [6.45, 7) is 3.41. The van der Waals surface area contributed by atoms with Gasteiger partial charge < -0.3 is 10.1 Å². The van der Waals surface area contributed by atoms with Crippen molar-refractivity contribution in [1.82, 2.24) is 15.8 Å². The number of hydrogen-bond acceptors (Lipinski definition) is 6. The van der Waals surface area contributed by atoms with Crippen LogP contribution in [0.4, 0.5) is 0 Å². The Hall–Kier alpha value is -3.07. The molecule has 1 aromatic heterocycles. The minimum atomic E-state index is -1.90. The van der Waals surface area contributed by atoms with Gasteiger partial charge in [-0.05, 0) is 30.5 Å². The Morgan fingerprint density at radius 3 is 2.33 bits per heavy atom. The molecule has 156 valence electrons. The average Bonchev–Trinajstić information content (AvgIpc) is 3.20. The molecule has 0 radical (unpaired) electrons. The van der Waals surface area contributed by atoms with Gasteiger partial charge in [-0.25, -0.2) is 10.5 Å². The molecule has 0 aliphatic rings. The zero-order chi connectivity index (χ0) is 21.6. The van der Waals surface area contributed by atoms with Crippen molar-refractivity contribution in [2.24, 2.45) is 0 Å². The molecule has 0 saturated carbocycles. The van der Waals surface area contributed by atoms with Crippen LogP contribution in [-0.4, -0.2) is 27.6 Å². The summed E-state index contributed by atoms with van der Waals surface area (Å²) in [5.41, 5.74) is 5.05. The fraction of sp³-hybridized carbons (Fsp3) is 0.227. The van der Waals surface area contributed by atoms with Gasteiger partial charge in [0.05, 0.1) is 24.4 Å². The summed E-state index contributed by atoms with van der Waals surface area (Å²) < 4.78 is 5.68. The van der Waals surface area contributed by atoms with Crippen LogP contribution in [-0.2, 0) is 27.5 Å². The Balaban J connectivity index is 1.67. The molecule has 2 amide bonds. The number of amides is 2. The van der Waals surface area contributed by atoms with E-state index in [4.69, 9.17) is 9.94 Å². The summed E-state index contributed by atoms with van der Waals surface area (Å²) in [5, 5.41) is 11.8. The third kappa shape index (κ3) is 4.91. The van der Waals surface area contributed by atoms with Gasteiger partial charge in [-0.15, -0.1) is 11.3 Å². The standard InChI is InChI=1S/C22H23N3O4S/c1-15-19(30-14-24-15)12-23-20(26)22(2,21(27)25-28)29-13-16-8-10-18(11-9-16)17-6-4-3-5-7-17/h3-11,14,28H,12-13H2,1-2H3,(H,23,26)(H,25,27). The largest absolute Gasteiger partial charge is 0.351 e. The first-order valence-electron chi connectivity index (χ1n) is 9.34. The molecule has 0 saturated heterocycles. The van der Waals surface area contributed by atoms with E-state index in [1.54, 1.807) is 5.51 Å². The highest BCUT2D eigenvalue weighted by molar-refractivity contribution is 7.09. The first-order chi connectivity index (χ1) is 14.4. The molecule has 0 spiro atoms. The number of carbonyl (C=O) groups is 2. The van der Waals surface area contributed by atoms with Crippen molar-refractivity contribution in [1.29, 1.82) is 0 Å². The van der Waals surface area contributed by atoms with Crippen molar-refractivity contribution in [3.05, 3.63) is 76.2 Å². The van der Waals surface area contributed by atoms with E-state index in [0.29, 0.717) is 0 Å². The van der Waals surface area contributed by atoms with Crippen LogP contribution in [0.5, 0.6) is 0 Å². The highest BCUT2D eigenvalue weighted by Crippen LogP contribution is 2.21. The molecule has 0 fully saturated rings. The van der Waals surface area contributed by atoms with Crippen molar-refractivity contribution >= 4 is 23.2 Å². The van der Waals surface area contributed by atoms with E-state index in [9.17, 15) is 9.59 Å². The smallest absolute Gasteiger partial charge is 0.285 e. The fourth-order valence-corrected chi connectivity index (χ4v) is 3.53. The Kier molecular flexibility index (Phi) is 6.94. The molecule has 30 heavy (non-hydrogen) atoms. The van der Waals surface area contributed by atoms with E-state index in [2.05, 4.69) is 10.3 Å². The maximum atomic E-state index is 12.7. The number of ether oxygens (including phenoxy) is 1. The van der Waals surface area contributed by atoms with Crippen LogP contribution >= 0.6 is 11.3 Å². The van der Waals surface area contributed by atoms with Crippen molar-refractivity contribution < 1.29 is 19.5 Å². The summed E-state index contributed by atoms with van der Waals surface area (Å²) in [6, 6.07) is 17.6. The van der Waals surface area contributed by atoms with Gasteiger partial charge in [-0.3, -0.25) is 14.8 Å². The fourth-order valence-electron chi connectivity index (χ4n) is 2.82. The summed E-state index contributed by atoms with van der Waals surface area (Å²) in [5.74, 6) is -1.59. The predicted octanol–water partition coefficient (Wildman–Crippen LogP) is 3.22. The van der Waals surface area contributed by atoms with Gasteiger partial charge in [0, 0.05) is 4.88 Å². The van der Waals surface area contributed by atoms with Crippen LogP contribution in [0.25, 0.3) is 11.1 Å². The Morgan fingerprint density at radius 2 is 1.73 bits per heavy atom. The first-order valence-corrected chi connectivity index (χ1v) is 10.2. The molecular formula is C22H23N3O4S. The summed E-state index contributed by atoms with van der Waals surface area (Å²) in [6.07, 6.45) is 0. The second-order valence-corrected chi connectivity index (χ2v) is 7.81. The van der Waals surface area contributed by atoms with E-state index >= 15 is 0 Å². The number of hydrogen-bond donors (Lipinski definition) is 3. The normalized spacial score (nSPS) is 12.8. The van der Waals surface area contributed by atoms with Crippen molar-refractivity contribution in [3.8, 4) is 11.1 Å². The zero-order valence-corrected chi connectivity index (χ0v) is 17.5. The molecule has 1 unspecified atom stereocenters. The summed E-state index contributed by atoms with van der Waals surface area (Å²) >= 11 is 1.41. The van der Waals surface area contributed by atoms with Crippen molar-refractivity contribution in [2.75, 3.05) is 0 Å². The summed E-state index contributed by atoms with van der Waals surface area (Å²) in [4.78, 5) is 29.9. The van der Waals surface area contributed by atoms with Gasteiger partial charge in [-0.2, -0.15) is 0 Å². The highest BCUT2D eigenvalue weighted by atomic mass is 32.1. The quantitative estimate of drug-likeness (QED) is 0.292. The number of thiazole rings is 1. The molecule has 0 aliphatic carbocycles. The monoisotopic (exact) mass is 425 g/mol. The van der Waals surface area contributed by atoms with Crippen molar-refractivity contribution in [3.63, 3.8) is 0 Å². The molecule has 1 heterocycles. The van der Waals surface area contributed by atoms with E-state index < -0.39 is 17.4 Å². The van der Waals surface area contributed by atoms with Gasteiger partial charge in [0.15, 0.2) is 0 Å². The zero-order valence-electron chi connectivity index (χ0n) is 16.7. The van der Waals surface area contributed by atoms with Crippen LogP contribution in [0, 0.1) is 6.92 Å². The predicted molar refractivity (Wildman–Crippen MR) is 114 cm³/mol. The lowest BCUT2D eigenvalue weighted by atomic mass is 10.0. The minimum absolute atomic E-state index is 0.0198. The van der Waals surface area contributed by atoms with Crippen LogP contribution < -0.4 is 10.8 Å². The maximum Gasteiger partial charge on any atom is 0.285 e. The molecule has 0 bridgehead atoms. The lowest BCUT2D eigenvalue weighted by Gasteiger charge is -2.26. The van der Waals surface area contributed by atoms with Crippen LogP contribution in [0.15, 0.2) is 60.1 Å². The molecule has 2 aromatic carbocycles. The van der Waals surface area contributed by atoms with E-state index in [0.717, 1.165) is 27.3 Å². The maximum absolute atomic E-state index is 12.7. The lowest BCUT2D eigenvalue weighted by Crippen LogP contribution is -2.56. The molecular weight excluding hydrogens is 402 g/mol. The number of nitrogens with zero attached hydrogens (tertiary/aromatic N) is 1. The molecule has 3 aromatic rings. The molecule has 7 nitrogen and oxygen atoms in total. The SMILES string of the molecule is Cc1ncsc1CNC(=O)C(C)(OCc1ccc(-c2ccccc2)cc1)C(=O)NO. The third-order valence-corrected chi connectivity index (χ3v) is 5.75. The number of aromatic nitrogens is 1. The second kappa shape index (κ2) is 9.62. The van der Waals surface area contributed by atoms with Gasteiger partial charge in [0.1, 0.15) is 0 Å². The topological polar surface area (TPSA) is 101 Å². The lowest BCUT2D eigenvalue weighted by molar-refractivity contribution is -0.166. The number of aryl methyl sites for hydroxylation is 1. The number of hydroxylamine groups is 1. The van der Waals surface area contributed by atoms with Gasteiger partial charge in [0.2, 0.25) is 5.60 Å². The van der Waals surface area contributed by atoms with Crippen molar-refractivity contribution in [2.45, 2.75) is 32.6 Å². The van der Waals surface area contributed by atoms with Gasteiger partial charge in [0.25, 0.3) is 11.8 Å². The Bertz CT molecular complexity index is 1000. The third-order valence-electron chi connectivity index (χ3n) is 4.81. The summed E-state index contributed by atoms with van der Waals surface area (Å²) in [7, 11) is 0. The molecule has 0 aliphatic heterocycles. The second-order valence-electron chi connectivity index (χ2n) is 6.87.